The lowest BCUT2D eigenvalue weighted by Gasteiger charge is -1.95. The maximum Gasteiger partial charge on any atom is 0.292 e. The minimum absolute atomic E-state index is 0.0619. The monoisotopic (exact) mass is 543 g/mol. The lowest BCUT2D eigenvalue weighted by atomic mass is 10.3. The molecule has 0 bridgehead atoms. The lowest BCUT2D eigenvalue weighted by Crippen LogP contribution is -1.94. The van der Waals surface area contributed by atoms with Crippen molar-refractivity contribution in [2.24, 2.45) is 0 Å². The molecule has 0 radical (unpaired) electrons. The standard InChI is InChI=1S/C6H3BrINO2.C6H5BrN2O2/c2*7-4-1-2-6(9(10)11)5(8)3-4/h1-3H;1-3H,8H2. The van der Waals surface area contributed by atoms with Crippen molar-refractivity contribution < 1.29 is 9.85 Å². The number of nitrogen functional groups attached to an aromatic ring is 1. The van der Waals surface area contributed by atoms with Crippen LogP contribution in [0.25, 0.3) is 0 Å². The number of halogens is 3. The molecule has 0 atom stereocenters. The summed E-state index contributed by atoms with van der Waals surface area (Å²) < 4.78 is 2.23. The maximum atomic E-state index is 10.3. The third kappa shape index (κ3) is 5.50. The number of nitrogens with two attached hydrogens (primary N) is 1. The summed E-state index contributed by atoms with van der Waals surface area (Å²) in [5.74, 6) is 0. The SMILES string of the molecule is Nc1cc(Br)ccc1[N+](=O)[O-].O=[N+]([O-])c1ccc(Br)cc1I. The van der Waals surface area contributed by atoms with Crippen LogP contribution in [0.5, 0.6) is 0 Å². The van der Waals surface area contributed by atoms with Gasteiger partial charge in [0.15, 0.2) is 0 Å². The van der Waals surface area contributed by atoms with Gasteiger partial charge in [-0.25, -0.2) is 0 Å². The summed E-state index contributed by atoms with van der Waals surface area (Å²) in [6.07, 6.45) is 0. The van der Waals surface area contributed by atoms with Crippen LogP contribution in [0.2, 0.25) is 0 Å². The largest absolute Gasteiger partial charge is 0.393 e. The van der Waals surface area contributed by atoms with E-state index in [0.717, 1.165) is 8.95 Å². The molecule has 0 spiro atoms. The molecule has 0 saturated heterocycles. The van der Waals surface area contributed by atoms with Gasteiger partial charge in [0.2, 0.25) is 0 Å². The highest BCUT2D eigenvalue weighted by molar-refractivity contribution is 14.1. The van der Waals surface area contributed by atoms with Gasteiger partial charge >= 0.3 is 0 Å². The molecule has 2 N–H and O–H groups in total. The number of nitrogens with zero attached hydrogens (tertiary/aromatic N) is 2. The highest BCUT2D eigenvalue weighted by atomic mass is 127. The molecule has 0 aliphatic carbocycles. The number of nitro groups is 2. The fraction of sp³-hybridized carbons (Fsp3) is 0. The van der Waals surface area contributed by atoms with Crippen molar-refractivity contribution in [2.75, 3.05) is 5.73 Å². The molecule has 7 nitrogen and oxygen atoms in total. The Balaban J connectivity index is 0.000000220. The normalized spacial score (nSPS) is 9.59. The Hall–Kier alpha value is -1.27. The molecule has 2 aromatic carbocycles. The Morgan fingerprint density at radius 2 is 1.36 bits per heavy atom. The molecule has 0 aromatic heterocycles. The minimum Gasteiger partial charge on any atom is -0.393 e. The minimum atomic E-state index is -0.512. The maximum absolute atomic E-state index is 10.3. The Morgan fingerprint density at radius 1 is 0.909 bits per heavy atom. The van der Waals surface area contributed by atoms with Gasteiger partial charge in [-0.15, -0.1) is 0 Å². The van der Waals surface area contributed by atoms with E-state index in [9.17, 15) is 20.2 Å². The molecule has 0 amide bonds. The van der Waals surface area contributed by atoms with Crippen LogP contribution in [0.4, 0.5) is 17.1 Å². The Kier molecular flexibility index (Phi) is 7.16. The van der Waals surface area contributed by atoms with Crippen LogP contribution in [-0.4, -0.2) is 9.85 Å². The third-order valence-electron chi connectivity index (χ3n) is 2.29. The second-order valence-electron chi connectivity index (χ2n) is 3.81. The van der Waals surface area contributed by atoms with Gasteiger partial charge in [-0.3, -0.25) is 20.2 Å². The van der Waals surface area contributed by atoms with Crippen molar-refractivity contribution in [1.29, 1.82) is 0 Å². The molecule has 0 saturated carbocycles. The van der Waals surface area contributed by atoms with E-state index in [-0.39, 0.29) is 17.1 Å². The highest BCUT2D eigenvalue weighted by Gasteiger charge is 2.10. The average Bonchev–Trinajstić information content (AvgIpc) is 2.38. The van der Waals surface area contributed by atoms with E-state index in [4.69, 9.17) is 5.73 Å². The molecular weight excluding hydrogens is 537 g/mol. The summed E-state index contributed by atoms with van der Waals surface area (Å²) in [7, 11) is 0. The second kappa shape index (κ2) is 8.39. The first-order chi connectivity index (χ1) is 10.2. The van der Waals surface area contributed by atoms with Crippen molar-refractivity contribution >= 4 is 71.5 Å². The quantitative estimate of drug-likeness (QED) is 0.250. The zero-order chi connectivity index (χ0) is 16.9. The molecular formula is C12H8Br2IN3O4. The van der Waals surface area contributed by atoms with Gasteiger partial charge in [0.1, 0.15) is 5.69 Å². The first kappa shape index (κ1) is 18.8. The molecule has 0 aliphatic heterocycles. The van der Waals surface area contributed by atoms with Gasteiger partial charge in [-0.1, -0.05) is 31.9 Å². The third-order valence-corrected chi connectivity index (χ3v) is 4.14. The van der Waals surface area contributed by atoms with E-state index >= 15 is 0 Å². The van der Waals surface area contributed by atoms with Crippen LogP contribution in [0, 0.1) is 23.8 Å². The van der Waals surface area contributed by atoms with Crippen molar-refractivity contribution in [1.82, 2.24) is 0 Å². The topological polar surface area (TPSA) is 112 Å². The summed E-state index contributed by atoms with van der Waals surface area (Å²) in [5, 5.41) is 20.6. The van der Waals surface area contributed by atoms with Crippen LogP contribution in [0.15, 0.2) is 45.3 Å². The van der Waals surface area contributed by atoms with Crippen LogP contribution >= 0.6 is 54.5 Å². The van der Waals surface area contributed by atoms with Crippen molar-refractivity contribution in [3.05, 3.63) is 69.1 Å². The van der Waals surface area contributed by atoms with E-state index in [2.05, 4.69) is 31.9 Å². The number of hydrogen-bond acceptors (Lipinski definition) is 5. The molecule has 22 heavy (non-hydrogen) atoms. The average molecular weight is 545 g/mol. The molecule has 2 aromatic rings. The van der Waals surface area contributed by atoms with Gasteiger partial charge in [0, 0.05) is 21.1 Å². The second-order valence-corrected chi connectivity index (χ2v) is 6.81. The molecule has 0 unspecified atom stereocenters. The zero-order valence-corrected chi connectivity index (χ0v) is 16.0. The molecule has 2 rings (SSSR count). The van der Waals surface area contributed by atoms with E-state index < -0.39 is 9.85 Å². The van der Waals surface area contributed by atoms with Gasteiger partial charge in [-0.05, 0) is 46.9 Å². The molecule has 10 heteroatoms. The Morgan fingerprint density at radius 3 is 1.77 bits per heavy atom. The fourth-order valence-electron chi connectivity index (χ4n) is 1.32. The zero-order valence-electron chi connectivity index (χ0n) is 10.7. The highest BCUT2D eigenvalue weighted by Crippen LogP contribution is 2.25. The van der Waals surface area contributed by atoms with Crippen LogP contribution in [-0.2, 0) is 0 Å². The van der Waals surface area contributed by atoms with Crippen molar-refractivity contribution in [2.45, 2.75) is 0 Å². The fourth-order valence-corrected chi connectivity index (χ4v) is 3.20. The summed E-state index contributed by atoms with van der Waals surface area (Å²) in [6.45, 7) is 0. The lowest BCUT2D eigenvalue weighted by molar-refractivity contribution is -0.385. The Labute approximate surface area is 155 Å². The summed E-state index contributed by atoms with van der Waals surface area (Å²) in [6, 6.07) is 9.27. The van der Waals surface area contributed by atoms with Crippen LogP contribution in [0.3, 0.4) is 0 Å². The summed E-state index contributed by atoms with van der Waals surface area (Å²) >= 11 is 8.29. The van der Waals surface area contributed by atoms with E-state index in [0.29, 0.717) is 3.57 Å². The van der Waals surface area contributed by atoms with E-state index in [1.54, 1.807) is 18.2 Å². The van der Waals surface area contributed by atoms with Crippen molar-refractivity contribution in [3.63, 3.8) is 0 Å². The van der Waals surface area contributed by atoms with Gasteiger partial charge in [-0.2, -0.15) is 0 Å². The molecule has 0 heterocycles. The van der Waals surface area contributed by atoms with E-state index in [1.807, 2.05) is 22.6 Å². The predicted molar refractivity (Wildman–Crippen MR) is 98.7 cm³/mol. The molecule has 0 fully saturated rings. The number of nitro benzene ring substituents is 2. The number of rotatable bonds is 2. The van der Waals surface area contributed by atoms with Gasteiger partial charge in [0.25, 0.3) is 11.4 Å². The number of anilines is 1. The smallest absolute Gasteiger partial charge is 0.292 e. The Bertz CT molecular complexity index is 666. The van der Waals surface area contributed by atoms with Crippen LogP contribution < -0.4 is 5.73 Å². The van der Waals surface area contributed by atoms with Gasteiger partial charge in [0.05, 0.1) is 13.4 Å². The van der Waals surface area contributed by atoms with Crippen LogP contribution in [0.1, 0.15) is 0 Å². The van der Waals surface area contributed by atoms with Gasteiger partial charge < -0.3 is 5.73 Å². The number of hydrogen-bond donors (Lipinski definition) is 1. The summed E-state index contributed by atoms with van der Waals surface area (Å²) in [4.78, 5) is 19.7. The van der Waals surface area contributed by atoms with E-state index in [1.165, 1.54) is 18.2 Å². The molecule has 116 valence electrons. The molecule has 0 aliphatic rings. The first-order valence-electron chi connectivity index (χ1n) is 5.51. The predicted octanol–water partition coefficient (Wildman–Crippen LogP) is 4.90. The first-order valence-corrected chi connectivity index (χ1v) is 8.17. The summed E-state index contributed by atoms with van der Waals surface area (Å²) in [5.41, 5.74) is 5.61. The van der Waals surface area contributed by atoms with Crippen molar-refractivity contribution in [3.8, 4) is 0 Å². The number of benzene rings is 2.